The van der Waals surface area contributed by atoms with Crippen LogP contribution in [0.3, 0.4) is 0 Å². The lowest BCUT2D eigenvalue weighted by Crippen LogP contribution is -2.60. The van der Waals surface area contributed by atoms with Crippen LogP contribution in [0.4, 0.5) is 5.95 Å². The van der Waals surface area contributed by atoms with E-state index in [0.717, 1.165) is 5.57 Å². The van der Waals surface area contributed by atoms with E-state index in [2.05, 4.69) is 15.3 Å². The van der Waals surface area contributed by atoms with Crippen LogP contribution in [0.2, 0.25) is 5.02 Å². The van der Waals surface area contributed by atoms with Gasteiger partial charge in [0.15, 0.2) is 0 Å². The van der Waals surface area contributed by atoms with Gasteiger partial charge in [0.25, 0.3) is 5.56 Å². The normalized spacial score (nSPS) is 13.4. The zero-order chi connectivity index (χ0) is 26.0. The number of fused-ring (bicyclic) bond motifs is 1. The minimum Gasteiger partial charge on any atom is -0.497 e. The van der Waals surface area contributed by atoms with Crippen LogP contribution >= 0.6 is 11.6 Å². The van der Waals surface area contributed by atoms with Crippen LogP contribution in [-0.4, -0.2) is 65.2 Å². The van der Waals surface area contributed by atoms with Gasteiger partial charge in [0.1, 0.15) is 17.1 Å². The number of methoxy groups -OCH3 is 2. The SMILES string of the molecule is COc1cc(OC)c(Cl)c(-c2cc3cnc(N)nc3n(CCNC3CN(C(=O)C=C(C)C)C3)c2=O)c1. The molecule has 0 radical (unpaired) electrons. The van der Waals surface area contributed by atoms with Crippen molar-refractivity contribution in [3.05, 3.63) is 51.4 Å². The van der Waals surface area contributed by atoms with Gasteiger partial charge in [0.05, 0.1) is 19.2 Å². The summed E-state index contributed by atoms with van der Waals surface area (Å²) in [6.07, 6.45) is 3.21. The smallest absolute Gasteiger partial charge is 0.260 e. The summed E-state index contributed by atoms with van der Waals surface area (Å²) < 4.78 is 12.3. The van der Waals surface area contributed by atoms with Crippen molar-refractivity contribution in [2.24, 2.45) is 0 Å². The van der Waals surface area contributed by atoms with Gasteiger partial charge >= 0.3 is 0 Å². The van der Waals surface area contributed by atoms with Crippen molar-refractivity contribution >= 4 is 34.5 Å². The molecule has 0 unspecified atom stereocenters. The van der Waals surface area contributed by atoms with E-state index in [9.17, 15) is 9.59 Å². The molecule has 0 bridgehead atoms. The first kappa shape index (κ1) is 25.5. The average molecular weight is 513 g/mol. The second-order valence-electron chi connectivity index (χ2n) is 8.83. The molecule has 0 spiro atoms. The Morgan fingerprint density at radius 3 is 2.64 bits per heavy atom. The first-order valence-electron chi connectivity index (χ1n) is 11.5. The molecule has 11 heteroatoms. The summed E-state index contributed by atoms with van der Waals surface area (Å²) in [5.41, 5.74) is 7.78. The molecule has 36 heavy (non-hydrogen) atoms. The zero-order valence-electron chi connectivity index (χ0n) is 20.7. The zero-order valence-corrected chi connectivity index (χ0v) is 21.4. The Bertz CT molecular complexity index is 1390. The Hall–Kier alpha value is -3.63. The Morgan fingerprint density at radius 2 is 1.97 bits per heavy atom. The second kappa shape index (κ2) is 10.5. The van der Waals surface area contributed by atoms with Crippen LogP contribution in [0.1, 0.15) is 13.8 Å². The molecule has 1 saturated heterocycles. The lowest BCUT2D eigenvalue weighted by atomic mass is 10.0. The molecule has 1 aromatic carbocycles. The number of anilines is 1. The molecular weight excluding hydrogens is 484 g/mol. The monoisotopic (exact) mass is 512 g/mol. The maximum absolute atomic E-state index is 13.7. The number of carbonyl (C=O) groups excluding carboxylic acids is 1. The van der Waals surface area contributed by atoms with Crippen LogP contribution in [0, 0.1) is 0 Å². The van der Waals surface area contributed by atoms with Crippen LogP contribution in [0.15, 0.2) is 40.8 Å². The lowest BCUT2D eigenvalue weighted by Gasteiger charge is -2.39. The van der Waals surface area contributed by atoms with Crippen LogP contribution in [0.25, 0.3) is 22.2 Å². The first-order chi connectivity index (χ1) is 17.2. The van der Waals surface area contributed by atoms with Gasteiger partial charge in [-0.1, -0.05) is 17.2 Å². The van der Waals surface area contributed by atoms with Crippen molar-refractivity contribution in [3.8, 4) is 22.6 Å². The molecule has 1 amide bonds. The minimum absolute atomic E-state index is 0.0146. The molecule has 0 atom stereocenters. The largest absolute Gasteiger partial charge is 0.497 e. The maximum Gasteiger partial charge on any atom is 0.260 e. The number of pyridine rings is 1. The minimum atomic E-state index is -0.284. The highest BCUT2D eigenvalue weighted by Crippen LogP contribution is 2.38. The number of hydrogen-bond acceptors (Lipinski definition) is 8. The van der Waals surface area contributed by atoms with Gasteiger partial charge in [-0.15, -0.1) is 0 Å². The van der Waals surface area contributed by atoms with E-state index in [1.54, 1.807) is 39.9 Å². The topological polar surface area (TPSA) is 125 Å². The molecule has 0 aliphatic carbocycles. The van der Waals surface area contributed by atoms with Crippen molar-refractivity contribution in [2.75, 3.05) is 39.6 Å². The van der Waals surface area contributed by atoms with Crippen molar-refractivity contribution in [1.82, 2.24) is 24.8 Å². The quantitative estimate of drug-likeness (QED) is 0.441. The van der Waals surface area contributed by atoms with Crippen molar-refractivity contribution in [2.45, 2.75) is 26.4 Å². The third kappa shape index (κ3) is 5.14. The number of likely N-dealkylation sites (tertiary alicyclic amines) is 1. The van der Waals surface area contributed by atoms with E-state index in [4.69, 9.17) is 26.8 Å². The molecule has 4 rings (SSSR count). The fourth-order valence-electron chi connectivity index (χ4n) is 4.11. The fraction of sp³-hybridized carbons (Fsp3) is 0.360. The van der Waals surface area contributed by atoms with Gasteiger partial charge in [-0.25, -0.2) is 4.98 Å². The lowest BCUT2D eigenvalue weighted by molar-refractivity contribution is -0.130. The summed E-state index contributed by atoms with van der Waals surface area (Å²) in [4.78, 5) is 36.0. The van der Waals surface area contributed by atoms with Crippen LogP contribution < -0.4 is 26.1 Å². The molecular formula is C25H29ClN6O4. The molecule has 3 heterocycles. The van der Waals surface area contributed by atoms with Gasteiger partial charge in [0, 0.05) is 67.1 Å². The van der Waals surface area contributed by atoms with E-state index >= 15 is 0 Å². The molecule has 1 aliphatic heterocycles. The third-order valence-corrected chi connectivity index (χ3v) is 6.37. The summed E-state index contributed by atoms with van der Waals surface area (Å²) in [6, 6.07) is 5.20. The summed E-state index contributed by atoms with van der Waals surface area (Å²) in [5.74, 6) is 0.986. The summed E-state index contributed by atoms with van der Waals surface area (Å²) >= 11 is 6.59. The van der Waals surface area contributed by atoms with Gasteiger partial charge in [-0.3, -0.25) is 14.2 Å². The number of nitrogen functional groups attached to an aromatic ring is 1. The predicted molar refractivity (Wildman–Crippen MR) is 140 cm³/mol. The van der Waals surface area contributed by atoms with E-state index in [0.29, 0.717) is 64.9 Å². The van der Waals surface area contributed by atoms with E-state index in [1.807, 2.05) is 13.8 Å². The second-order valence-corrected chi connectivity index (χ2v) is 9.21. The van der Waals surface area contributed by atoms with E-state index in [1.165, 1.54) is 14.2 Å². The van der Waals surface area contributed by atoms with Gasteiger partial charge in [-0.05, 0) is 26.0 Å². The molecule has 10 nitrogen and oxygen atoms in total. The van der Waals surface area contributed by atoms with Crippen molar-refractivity contribution in [1.29, 1.82) is 0 Å². The number of carbonyl (C=O) groups is 1. The van der Waals surface area contributed by atoms with Gasteiger partial charge in [0.2, 0.25) is 11.9 Å². The summed E-state index contributed by atoms with van der Waals surface area (Å²) in [5, 5.41) is 4.34. The number of rotatable bonds is 8. The summed E-state index contributed by atoms with van der Waals surface area (Å²) in [6.45, 7) is 5.85. The fourth-order valence-corrected chi connectivity index (χ4v) is 4.40. The number of benzene rings is 1. The van der Waals surface area contributed by atoms with E-state index < -0.39 is 0 Å². The van der Waals surface area contributed by atoms with Crippen molar-refractivity contribution in [3.63, 3.8) is 0 Å². The number of allylic oxidation sites excluding steroid dienone is 1. The standard InChI is InChI=1S/C25H29ClN6O4/c1-14(2)7-21(33)31-12-16(13-31)28-5-6-32-23-15(11-29-25(27)30-23)8-19(24(32)34)18-9-17(35-3)10-20(36-4)22(18)26/h7-11,16,28H,5-6,12-13H2,1-4H3,(H2,27,29,30). The Labute approximate surface area is 213 Å². The number of aromatic nitrogens is 3. The van der Waals surface area contributed by atoms with Crippen LogP contribution in [0.5, 0.6) is 11.5 Å². The Kier molecular flexibility index (Phi) is 7.46. The molecule has 1 fully saturated rings. The molecule has 3 aromatic rings. The first-order valence-corrected chi connectivity index (χ1v) is 11.8. The maximum atomic E-state index is 13.7. The molecule has 2 aromatic heterocycles. The average Bonchev–Trinajstić information content (AvgIpc) is 2.81. The number of hydrogen-bond donors (Lipinski definition) is 2. The number of halogens is 1. The number of nitrogens with two attached hydrogens (primary N) is 1. The Morgan fingerprint density at radius 1 is 1.22 bits per heavy atom. The third-order valence-electron chi connectivity index (χ3n) is 5.98. The highest BCUT2D eigenvalue weighted by molar-refractivity contribution is 6.35. The number of nitrogens with zero attached hydrogens (tertiary/aromatic N) is 4. The highest BCUT2D eigenvalue weighted by atomic mass is 35.5. The molecule has 3 N–H and O–H groups in total. The summed E-state index contributed by atoms with van der Waals surface area (Å²) in [7, 11) is 3.03. The van der Waals surface area contributed by atoms with Gasteiger partial charge < -0.3 is 25.4 Å². The molecule has 0 saturated carbocycles. The molecule has 190 valence electrons. The van der Waals surface area contributed by atoms with Crippen molar-refractivity contribution < 1.29 is 14.3 Å². The van der Waals surface area contributed by atoms with E-state index in [-0.39, 0.29) is 23.5 Å². The number of nitrogens with one attached hydrogen (secondary N) is 1. The molecule has 1 aliphatic rings. The van der Waals surface area contributed by atoms with Gasteiger partial charge in [-0.2, -0.15) is 4.98 Å². The highest BCUT2D eigenvalue weighted by Gasteiger charge is 2.29. The Balaban J connectivity index is 1.63. The number of ether oxygens (including phenoxy) is 2. The van der Waals surface area contributed by atoms with Crippen LogP contribution in [-0.2, 0) is 11.3 Å². The predicted octanol–water partition coefficient (Wildman–Crippen LogP) is 2.48. The number of amides is 1.